The number of anilines is 1. The second-order valence-electron chi connectivity index (χ2n) is 7.32. The molecule has 9 heteroatoms. The third-order valence-corrected chi connectivity index (χ3v) is 5.36. The molecule has 0 aliphatic heterocycles. The van der Waals surface area contributed by atoms with Crippen LogP contribution in [-0.4, -0.2) is 40.5 Å². The fourth-order valence-electron chi connectivity index (χ4n) is 3.76. The van der Waals surface area contributed by atoms with E-state index < -0.39 is 0 Å². The third kappa shape index (κ3) is 3.37. The van der Waals surface area contributed by atoms with E-state index in [1.807, 2.05) is 46.9 Å². The number of nitrogens with zero attached hydrogens (tertiary/aromatic N) is 3. The lowest BCUT2D eigenvalue weighted by Gasteiger charge is -2.12. The summed E-state index contributed by atoms with van der Waals surface area (Å²) in [5.41, 5.74) is 5.65. The molecule has 0 bridgehead atoms. The van der Waals surface area contributed by atoms with Crippen LogP contribution < -0.4 is 15.4 Å². The number of H-pyrrole nitrogens is 1. The topological polar surface area (TPSA) is 125 Å². The third-order valence-electron chi connectivity index (χ3n) is 5.36. The molecule has 4 aromatic rings. The molecule has 4 rings (SSSR count). The number of hydrogen-bond acceptors (Lipinski definition) is 8. The first-order valence-corrected chi connectivity index (χ1v) is 9.85. The van der Waals surface area contributed by atoms with E-state index in [-0.39, 0.29) is 0 Å². The summed E-state index contributed by atoms with van der Waals surface area (Å²) in [7, 11) is 3.46. The van der Waals surface area contributed by atoms with Crippen LogP contribution in [0.2, 0.25) is 0 Å². The molecule has 4 N–H and O–H groups in total. The van der Waals surface area contributed by atoms with Gasteiger partial charge in [-0.3, -0.25) is 0 Å². The van der Waals surface area contributed by atoms with Crippen molar-refractivity contribution in [1.82, 2.24) is 25.4 Å². The molecule has 0 aliphatic rings. The number of hydrogen-bond donors (Lipinski definition) is 4. The van der Waals surface area contributed by atoms with Gasteiger partial charge in [0.15, 0.2) is 0 Å². The molecule has 3 heterocycles. The Hall–Kier alpha value is -3.88. The van der Waals surface area contributed by atoms with Gasteiger partial charge in [0, 0.05) is 35.4 Å². The highest BCUT2D eigenvalue weighted by atomic mass is 16.5. The molecule has 0 amide bonds. The standard InChI is InChI=1S/C22H25N7O2/c1-10(24-5)17(9-23)28-22-20-14-8-18(30-6)15(19-11(2)29-31-12(19)3)7-16(14)27-21(20)25-13(4)26-22/h7-9,23-24H,1-6H3,(H2,25,26,27,28)/b17-10+,23-9?. The highest BCUT2D eigenvalue weighted by Crippen LogP contribution is 2.40. The molecule has 0 unspecified atom stereocenters. The first-order valence-electron chi connectivity index (χ1n) is 9.85. The van der Waals surface area contributed by atoms with Crippen LogP contribution in [0.15, 0.2) is 28.0 Å². The second-order valence-corrected chi connectivity index (χ2v) is 7.32. The first-order chi connectivity index (χ1) is 14.9. The van der Waals surface area contributed by atoms with Crippen LogP contribution in [0.3, 0.4) is 0 Å². The zero-order chi connectivity index (χ0) is 22.3. The van der Waals surface area contributed by atoms with E-state index in [0.29, 0.717) is 28.7 Å². The van der Waals surface area contributed by atoms with Crippen LogP contribution >= 0.6 is 0 Å². The molecule has 3 aromatic heterocycles. The number of aryl methyl sites for hydroxylation is 3. The van der Waals surface area contributed by atoms with Gasteiger partial charge in [0.05, 0.1) is 29.5 Å². The second kappa shape index (κ2) is 7.75. The van der Waals surface area contributed by atoms with Crippen LogP contribution in [0.5, 0.6) is 5.75 Å². The molecule has 0 saturated carbocycles. The summed E-state index contributed by atoms with van der Waals surface area (Å²) in [6.07, 6.45) is 1.26. The maximum atomic E-state index is 7.77. The van der Waals surface area contributed by atoms with E-state index in [4.69, 9.17) is 14.7 Å². The maximum Gasteiger partial charge on any atom is 0.144 e. The van der Waals surface area contributed by atoms with Gasteiger partial charge in [-0.25, -0.2) is 9.97 Å². The molecule has 1 aromatic carbocycles. The van der Waals surface area contributed by atoms with Crippen molar-refractivity contribution in [3.05, 3.63) is 40.8 Å². The van der Waals surface area contributed by atoms with Crippen molar-refractivity contribution in [3.63, 3.8) is 0 Å². The molecule has 0 atom stereocenters. The van der Waals surface area contributed by atoms with Gasteiger partial charge in [-0.2, -0.15) is 0 Å². The molecule has 0 saturated heterocycles. The quantitative estimate of drug-likeness (QED) is 0.345. The van der Waals surface area contributed by atoms with Crippen molar-refractivity contribution >= 4 is 34.0 Å². The zero-order valence-corrected chi connectivity index (χ0v) is 18.4. The minimum absolute atomic E-state index is 0.617. The van der Waals surface area contributed by atoms with Crippen molar-refractivity contribution in [2.24, 2.45) is 0 Å². The van der Waals surface area contributed by atoms with Gasteiger partial charge in [-0.15, -0.1) is 0 Å². The Morgan fingerprint density at radius 3 is 2.61 bits per heavy atom. The lowest BCUT2D eigenvalue weighted by atomic mass is 10.0. The van der Waals surface area contributed by atoms with Gasteiger partial charge < -0.3 is 30.3 Å². The van der Waals surface area contributed by atoms with E-state index in [2.05, 4.69) is 30.7 Å². The van der Waals surface area contributed by atoms with Crippen molar-refractivity contribution in [3.8, 4) is 16.9 Å². The highest BCUT2D eigenvalue weighted by Gasteiger charge is 2.20. The lowest BCUT2D eigenvalue weighted by Crippen LogP contribution is -2.13. The Morgan fingerprint density at radius 2 is 2.00 bits per heavy atom. The SMILES string of the molecule is CN/C(C)=C(\C=N)Nc1nc(C)nc2[nH]c3cc(-c4c(C)noc4C)c(OC)cc3c12. The summed E-state index contributed by atoms with van der Waals surface area (Å²) in [5, 5.41) is 19.9. The smallest absolute Gasteiger partial charge is 0.144 e. The average Bonchev–Trinajstić information content (AvgIpc) is 3.28. The van der Waals surface area contributed by atoms with Gasteiger partial charge in [0.25, 0.3) is 0 Å². The fraction of sp³-hybridized carbons (Fsp3) is 0.273. The summed E-state index contributed by atoms with van der Waals surface area (Å²) in [6, 6.07) is 3.99. The highest BCUT2D eigenvalue weighted by molar-refractivity contribution is 6.13. The molecule has 9 nitrogen and oxygen atoms in total. The van der Waals surface area contributed by atoms with E-state index >= 15 is 0 Å². The Kier molecular flexibility index (Phi) is 5.10. The molecule has 0 radical (unpaired) electrons. The number of ether oxygens (including phenoxy) is 1. The Bertz CT molecular complexity index is 1330. The molecule has 160 valence electrons. The average molecular weight is 419 g/mol. The number of aromatic amines is 1. The normalized spacial score (nSPS) is 12.2. The summed E-state index contributed by atoms with van der Waals surface area (Å²) in [4.78, 5) is 12.6. The molecule has 31 heavy (non-hydrogen) atoms. The van der Waals surface area contributed by atoms with Gasteiger partial charge in [-0.05, 0) is 39.8 Å². The summed E-state index contributed by atoms with van der Waals surface area (Å²) in [6.45, 7) is 7.53. The van der Waals surface area contributed by atoms with E-state index in [1.54, 1.807) is 7.11 Å². The van der Waals surface area contributed by atoms with E-state index in [1.165, 1.54) is 6.21 Å². The number of nitrogens with one attached hydrogen (secondary N) is 4. The van der Waals surface area contributed by atoms with Crippen LogP contribution in [0.25, 0.3) is 33.1 Å². The number of rotatable bonds is 6. The minimum Gasteiger partial charge on any atom is -0.496 e. The van der Waals surface area contributed by atoms with Crippen LogP contribution in [0.4, 0.5) is 5.82 Å². The van der Waals surface area contributed by atoms with Crippen LogP contribution in [0.1, 0.15) is 24.2 Å². The monoisotopic (exact) mass is 419 g/mol. The summed E-state index contributed by atoms with van der Waals surface area (Å²) >= 11 is 0. The molecule has 0 spiro atoms. The number of methoxy groups -OCH3 is 1. The van der Waals surface area contributed by atoms with E-state index in [9.17, 15) is 0 Å². The van der Waals surface area contributed by atoms with Gasteiger partial charge in [-0.1, -0.05) is 5.16 Å². The molecule has 0 fully saturated rings. The Balaban J connectivity index is 2.00. The van der Waals surface area contributed by atoms with E-state index in [0.717, 1.165) is 44.6 Å². The zero-order valence-electron chi connectivity index (χ0n) is 18.4. The number of aromatic nitrogens is 4. The van der Waals surface area contributed by atoms with Crippen molar-refractivity contribution in [2.45, 2.75) is 27.7 Å². The Morgan fingerprint density at radius 1 is 1.23 bits per heavy atom. The largest absolute Gasteiger partial charge is 0.496 e. The maximum absolute atomic E-state index is 7.77. The van der Waals surface area contributed by atoms with Crippen LogP contribution in [-0.2, 0) is 0 Å². The number of benzene rings is 1. The molecular weight excluding hydrogens is 394 g/mol. The van der Waals surface area contributed by atoms with Crippen molar-refractivity contribution in [1.29, 1.82) is 5.41 Å². The van der Waals surface area contributed by atoms with Crippen molar-refractivity contribution < 1.29 is 9.26 Å². The van der Waals surface area contributed by atoms with Gasteiger partial charge >= 0.3 is 0 Å². The van der Waals surface area contributed by atoms with Gasteiger partial charge in [0.2, 0.25) is 0 Å². The lowest BCUT2D eigenvalue weighted by molar-refractivity contribution is 0.393. The van der Waals surface area contributed by atoms with Crippen molar-refractivity contribution in [2.75, 3.05) is 19.5 Å². The predicted molar refractivity (Wildman–Crippen MR) is 122 cm³/mol. The van der Waals surface area contributed by atoms with Crippen LogP contribution in [0, 0.1) is 26.2 Å². The number of allylic oxidation sites excluding steroid dienone is 2. The fourth-order valence-corrected chi connectivity index (χ4v) is 3.76. The summed E-state index contributed by atoms with van der Waals surface area (Å²) in [5.74, 6) is 2.66. The first kappa shape index (κ1) is 20.4. The minimum atomic E-state index is 0.617. The van der Waals surface area contributed by atoms with Gasteiger partial charge in [0.1, 0.15) is 28.8 Å². The molecular formula is C22H25N7O2. The molecule has 0 aliphatic carbocycles. The Labute approximate surface area is 179 Å². The predicted octanol–water partition coefficient (Wildman–Crippen LogP) is 4.21. The number of fused-ring (bicyclic) bond motifs is 3. The summed E-state index contributed by atoms with van der Waals surface area (Å²) < 4.78 is 11.1.